The minimum Gasteiger partial charge on any atom is -0.465 e. The van der Waals surface area contributed by atoms with Gasteiger partial charge >= 0.3 is 11.8 Å². The number of halogens is 1. The quantitative estimate of drug-likeness (QED) is 0.406. The van der Waals surface area contributed by atoms with Crippen molar-refractivity contribution in [2.45, 2.75) is 23.8 Å². The summed E-state index contributed by atoms with van der Waals surface area (Å²) in [5.41, 5.74) is -0.191. The van der Waals surface area contributed by atoms with Gasteiger partial charge in [0.2, 0.25) is 5.82 Å². The van der Waals surface area contributed by atoms with Gasteiger partial charge in [0.15, 0.2) is 0 Å². The molecule has 1 amide bonds. The average molecular weight is 359 g/mol. The van der Waals surface area contributed by atoms with Crippen molar-refractivity contribution in [1.82, 2.24) is 4.90 Å². The predicted molar refractivity (Wildman–Crippen MR) is 87.1 cm³/mol. The molecule has 0 bridgehead atoms. The van der Waals surface area contributed by atoms with Crippen molar-refractivity contribution in [1.29, 1.82) is 0 Å². The van der Waals surface area contributed by atoms with Crippen LogP contribution in [-0.2, 0) is 0 Å². The van der Waals surface area contributed by atoms with Crippen LogP contribution in [0.25, 0.3) is 0 Å². The summed E-state index contributed by atoms with van der Waals surface area (Å²) in [6.07, 6.45) is 0.147. The first-order valence-electron chi connectivity index (χ1n) is 7.38. The number of piperidine rings is 1. The van der Waals surface area contributed by atoms with Gasteiger partial charge in [-0.15, -0.1) is 11.8 Å². The Kier molecular flexibility index (Phi) is 6.21. The molecule has 2 rings (SSSR count). The number of likely N-dealkylation sites (tertiary alicyclic amines) is 1. The van der Waals surface area contributed by atoms with Crippen LogP contribution in [-0.4, -0.2) is 57.6 Å². The first kappa shape index (κ1) is 18.3. The van der Waals surface area contributed by atoms with E-state index in [2.05, 4.69) is 5.32 Å². The Morgan fingerprint density at radius 1 is 1.46 bits per heavy atom. The van der Waals surface area contributed by atoms with Crippen molar-refractivity contribution in [3.63, 3.8) is 0 Å². The van der Waals surface area contributed by atoms with E-state index in [1.165, 1.54) is 16.7 Å². The molecule has 0 unspecified atom stereocenters. The summed E-state index contributed by atoms with van der Waals surface area (Å²) in [6.45, 7) is 0.643. The zero-order chi connectivity index (χ0) is 17.7. The van der Waals surface area contributed by atoms with Crippen LogP contribution < -0.4 is 5.32 Å². The third-order valence-corrected chi connectivity index (χ3v) is 4.76. The zero-order valence-electron chi connectivity index (χ0n) is 12.8. The number of carbonyl (C=O) groups is 1. The number of amides is 1. The Morgan fingerprint density at radius 3 is 2.67 bits per heavy atom. The van der Waals surface area contributed by atoms with Gasteiger partial charge in [-0.1, -0.05) is 0 Å². The molecule has 1 aromatic carbocycles. The monoisotopic (exact) mass is 359 g/mol. The van der Waals surface area contributed by atoms with Crippen LogP contribution in [0.3, 0.4) is 0 Å². The normalized spacial score (nSPS) is 15.3. The molecule has 1 aliphatic heterocycles. The highest BCUT2D eigenvalue weighted by Crippen LogP contribution is 2.34. The highest BCUT2D eigenvalue weighted by atomic mass is 32.2. The van der Waals surface area contributed by atoms with Gasteiger partial charge < -0.3 is 20.4 Å². The van der Waals surface area contributed by atoms with Crippen molar-refractivity contribution in [2.24, 2.45) is 0 Å². The topological polar surface area (TPSA) is 116 Å². The Morgan fingerprint density at radius 2 is 2.12 bits per heavy atom. The SMILES string of the molecule is O=C(O)N1CCC(Nc2cc([N+](=O)[O-])c(F)cc2SCCO)CC1. The number of hydrogen-bond donors (Lipinski definition) is 3. The summed E-state index contributed by atoms with van der Waals surface area (Å²) in [5.74, 6) is -0.588. The van der Waals surface area contributed by atoms with Crippen LogP contribution in [0.15, 0.2) is 17.0 Å². The molecule has 0 saturated carbocycles. The first-order valence-corrected chi connectivity index (χ1v) is 8.37. The summed E-state index contributed by atoms with van der Waals surface area (Å²) < 4.78 is 13.8. The third-order valence-electron chi connectivity index (χ3n) is 3.72. The van der Waals surface area contributed by atoms with E-state index < -0.39 is 22.5 Å². The molecule has 0 aromatic heterocycles. The summed E-state index contributed by atoms with van der Waals surface area (Å²) in [7, 11) is 0. The molecule has 3 N–H and O–H groups in total. The van der Waals surface area contributed by atoms with Crippen molar-refractivity contribution < 1.29 is 24.3 Å². The number of nitrogens with zero attached hydrogens (tertiary/aromatic N) is 2. The second kappa shape index (κ2) is 8.15. The van der Waals surface area contributed by atoms with Gasteiger partial charge in [-0.25, -0.2) is 4.79 Å². The van der Waals surface area contributed by atoms with Crippen molar-refractivity contribution >= 4 is 29.2 Å². The van der Waals surface area contributed by atoms with E-state index in [4.69, 9.17) is 10.2 Å². The molecule has 0 atom stereocenters. The lowest BCUT2D eigenvalue weighted by Crippen LogP contribution is -2.41. The lowest BCUT2D eigenvalue weighted by Gasteiger charge is -2.31. The van der Waals surface area contributed by atoms with E-state index >= 15 is 0 Å². The van der Waals surface area contributed by atoms with E-state index in [-0.39, 0.29) is 12.6 Å². The Hall–Kier alpha value is -2.07. The minimum absolute atomic E-state index is 0.0564. The number of nitro groups is 1. The number of thioether (sulfide) groups is 1. The molecule has 1 aromatic rings. The van der Waals surface area contributed by atoms with Crippen LogP contribution in [0, 0.1) is 15.9 Å². The number of hydrogen-bond acceptors (Lipinski definition) is 6. The van der Waals surface area contributed by atoms with Crippen LogP contribution in [0.5, 0.6) is 0 Å². The molecule has 1 fully saturated rings. The summed E-state index contributed by atoms with van der Waals surface area (Å²) in [6, 6.07) is 2.19. The largest absolute Gasteiger partial charge is 0.465 e. The van der Waals surface area contributed by atoms with Crippen LogP contribution in [0.2, 0.25) is 0 Å². The van der Waals surface area contributed by atoms with Crippen molar-refractivity contribution in [2.75, 3.05) is 30.8 Å². The maximum atomic E-state index is 13.8. The van der Waals surface area contributed by atoms with Gasteiger partial charge in [-0.2, -0.15) is 4.39 Å². The van der Waals surface area contributed by atoms with E-state index in [1.54, 1.807) is 0 Å². The van der Waals surface area contributed by atoms with Gasteiger partial charge in [0.25, 0.3) is 0 Å². The summed E-state index contributed by atoms with van der Waals surface area (Å²) in [5, 5.41) is 31.9. The van der Waals surface area contributed by atoms with Gasteiger partial charge in [0, 0.05) is 35.8 Å². The molecule has 1 heterocycles. The molecule has 1 saturated heterocycles. The maximum Gasteiger partial charge on any atom is 0.407 e. The number of nitro benzene ring substituents is 1. The van der Waals surface area contributed by atoms with Gasteiger partial charge in [-0.05, 0) is 18.9 Å². The van der Waals surface area contributed by atoms with E-state index in [9.17, 15) is 19.3 Å². The zero-order valence-corrected chi connectivity index (χ0v) is 13.6. The number of carboxylic acid groups (broad SMARTS) is 1. The van der Waals surface area contributed by atoms with E-state index in [0.29, 0.717) is 42.3 Å². The maximum absolute atomic E-state index is 13.8. The first-order chi connectivity index (χ1) is 11.4. The van der Waals surface area contributed by atoms with Gasteiger partial charge in [-0.3, -0.25) is 10.1 Å². The second-order valence-corrected chi connectivity index (χ2v) is 6.45. The van der Waals surface area contributed by atoms with E-state index in [0.717, 1.165) is 12.1 Å². The van der Waals surface area contributed by atoms with Gasteiger partial charge in [0.1, 0.15) is 0 Å². The summed E-state index contributed by atoms with van der Waals surface area (Å²) >= 11 is 1.20. The molecule has 0 spiro atoms. The number of aliphatic hydroxyl groups is 1. The average Bonchev–Trinajstić information content (AvgIpc) is 2.54. The second-order valence-electron chi connectivity index (χ2n) is 5.32. The van der Waals surface area contributed by atoms with Crippen LogP contribution >= 0.6 is 11.8 Å². The van der Waals surface area contributed by atoms with Crippen LogP contribution in [0.1, 0.15) is 12.8 Å². The van der Waals surface area contributed by atoms with Crippen LogP contribution in [0.4, 0.5) is 20.6 Å². The Bertz CT molecular complexity index is 623. The Labute approximate surface area is 141 Å². The molecule has 1 aliphatic rings. The molecule has 10 heteroatoms. The van der Waals surface area contributed by atoms with E-state index in [1.807, 2.05) is 0 Å². The molecule has 0 radical (unpaired) electrons. The number of aliphatic hydroxyl groups excluding tert-OH is 1. The molecule has 24 heavy (non-hydrogen) atoms. The van der Waals surface area contributed by atoms with Crippen molar-refractivity contribution in [3.8, 4) is 0 Å². The number of benzene rings is 1. The standard InChI is InChI=1S/C14H18FN3O5S/c15-10-7-13(24-6-5-19)11(8-12(10)18(22)23)16-9-1-3-17(4-2-9)14(20)21/h7-9,16,19H,1-6H2,(H,20,21). The number of nitrogens with one attached hydrogen (secondary N) is 1. The summed E-state index contributed by atoms with van der Waals surface area (Å²) in [4.78, 5) is 22.8. The third kappa shape index (κ3) is 4.48. The fourth-order valence-electron chi connectivity index (χ4n) is 2.51. The lowest BCUT2D eigenvalue weighted by molar-refractivity contribution is -0.387. The molecule has 0 aliphatic carbocycles. The van der Waals surface area contributed by atoms with Gasteiger partial charge in [0.05, 0.1) is 17.2 Å². The molecular formula is C14H18FN3O5S. The minimum atomic E-state index is -0.968. The highest BCUT2D eigenvalue weighted by Gasteiger charge is 2.24. The van der Waals surface area contributed by atoms with Crippen molar-refractivity contribution in [3.05, 3.63) is 28.1 Å². The number of rotatable bonds is 6. The predicted octanol–water partition coefficient (Wildman–Crippen LogP) is 2.37. The highest BCUT2D eigenvalue weighted by molar-refractivity contribution is 7.99. The Balaban J connectivity index is 2.16. The molecule has 132 valence electrons. The fraction of sp³-hybridized carbons (Fsp3) is 0.500. The lowest BCUT2D eigenvalue weighted by atomic mass is 10.0. The number of anilines is 1. The smallest absolute Gasteiger partial charge is 0.407 e. The molecule has 8 nitrogen and oxygen atoms in total. The molecular weight excluding hydrogens is 341 g/mol. The fourth-order valence-corrected chi connectivity index (χ4v) is 3.28.